The lowest BCUT2D eigenvalue weighted by atomic mass is 9.93. The molecule has 0 bridgehead atoms. The molecule has 164 valence electrons. The van der Waals surface area contributed by atoms with E-state index in [1.807, 2.05) is 19.1 Å². The number of rotatable bonds is 10. The Kier molecular flexibility index (Phi) is 10.2. The molecule has 2 nitrogen and oxygen atoms in total. The topological polar surface area (TPSA) is 38.4 Å². The summed E-state index contributed by atoms with van der Waals surface area (Å²) in [6, 6.07) is 6.02. The van der Waals surface area contributed by atoms with E-state index in [1.54, 1.807) is 30.8 Å². The molecule has 0 aliphatic carbocycles. The molecule has 2 N–H and O–H groups in total. The minimum atomic E-state index is -4.20. The van der Waals surface area contributed by atoms with Gasteiger partial charge < -0.3 is 5.73 Å². The van der Waals surface area contributed by atoms with E-state index in [0.29, 0.717) is 23.4 Å². The van der Waals surface area contributed by atoms with Crippen molar-refractivity contribution in [2.24, 2.45) is 10.7 Å². The van der Waals surface area contributed by atoms with Crippen LogP contribution in [-0.4, -0.2) is 18.6 Å². The fourth-order valence-electron chi connectivity index (χ4n) is 2.93. The molecule has 1 rings (SSSR count). The molecule has 0 unspecified atom stereocenters. The normalized spacial score (nSPS) is 13.7. The van der Waals surface area contributed by atoms with Crippen molar-refractivity contribution in [1.29, 1.82) is 0 Å². The van der Waals surface area contributed by atoms with E-state index in [9.17, 15) is 13.2 Å². The van der Waals surface area contributed by atoms with Crippen LogP contribution < -0.4 is 5.73 Å². The van der Waals surface area contributed by atoms with Gasteiger partial charge in [0.15, 0.2) is 0 Å². The maximum atomic E-state index is 12.6. The summed E-state index contributed by atoms with van der Waals surface area (Å²) in [5, 5.41) is 0. The number of hydrogen-bond acceptors (Lipinski definition) is 3. The molecule has 1 aromatic rings. The number of aliphatic imine (C=N–C) groups is 1. The maximum Gasteiger partial charge on any atom is 0.392 e. The van der Waals surface area contributed by atoms with Crippen LogP contribution in [0.25, 0.3) is 10.6 Å². The van der Waals surface area contributed by atoms with Gasteiger partial charge in [0.05, 0.1) is 12.1 Å². The monoisotopic (exact) mass is 436 g/mol. The van der Waals surface area contributed by atoms with Crippen molar-refractivity contribution >= 4 is 29.1 Å². The van der Waals surface area contributed by atoms with E-state index in [1.165, 1.54) is 6.08 Å². The molecule has 0 atom stereocenters. The largest absolute Gasteiger partial charge is 0.399 e. The molecule has 0 saturated carbocycles. The molecule has 6 heteroatoms. The second-order valence-corrected chi connectivity index (χ2v) is 8.36. The van der Waals surface area contributed by atoms with E-state index in [2.05, 4.69) is 38.2 Å². The van der Waals surface area contributed by atoms with Crippen LogP contribution in [0, 0.1) is 0 Å². The first-order valence-electron chi connectivity index (χ1n) is 9.78. The Bertz CT molecular complexity index is 846. The number of thioether (sulfide) groups is 1. The number of allylic oxidation sites excluding steroid dienone is 5. The van der Waals surface area contributed by atoms with Gasteiger partial charge in [-0.3, -0.25) is 4.99 Å². The summed E-state index contributed by atoms with van der Waals surface area (Å²) >= 11 is 1.57. The Morgan fingerprint density at radius 2 is 1.97 bits per heavy atom. The zero-order valence-corrected chi connectivity index (χ0v) is 19.0. The van der Waals surface area contributed by atoms with Gasteiger partial charge in [0, 0.05) is 21.9 Å². The van der Waals surface area contributed by atoms with Gasteiger partial charge in [-0.05, 0) is 50.1 Å². The van der Waals surface area contributed by atoms with Crippen LogP contribution in [0.2, 0.25) is 0 Å². The predicted octanol–water partition coefficient (Wildman–Crippen LogP) is 7.71. The van der Waals surface area contributed by atoms with Gasteiger partial charge in [-0.25, -0.2) is 0 Å². The number of alkyl halides is 3. The lowest BCUT2D eigenvalue weighted by Gasteiger charge is -2.17. The summed E-state index contributed by atoms with van der Waals surface area (Å²) in [5.41, 5.74) is 10.9. The first-order valence-corrected chi connectivity index (χ1v) is 10.8. The summed E-state index contributed by atoms with van der Waals surface area (Å²) < 4.78 is 37.7. The summed E-state index contributed by atoms with van der Waals surface area (Å²) in [6.07, 6.45) is 0.140. The first kappa shape index (κ1) is 25.8. The number of benzene rings is 1. The molecule has 0 amide bonds. The van der Waals surface area contributed by atoms with Crippen molar-refractivity contribution in [2.45, 2.75) is 52.6 Å². The Hall–Kier alpha value is -2.21. The second kappa shape index (κ2) is 11.8. The lowest BCUT2D eigenvalue weighted by molar-refractivity contribution is -0.125. The number of nitrogens with two attached hydrogens (primary N) is 1. The molecule has 0 aliphatic rings. The molecule has 1 aromatic carbocycles. The number of nitrogens with zero attached hydrogens (tertiary/aromatic N) is 1. The van der Waals surface area contributed by atoms with Crippen LogP contribution in [0.5, 0.6) is 0 Å². The van der Waals surface area contributed by atoms with Gasteiger partial charge in [-0.2, -0.15) is 13.2 Å². The van der Waals surface area contributed by atoms with Crippen molar-refractivity contribution in [3.05, 3.63) is 71.0 Å². The van der Waals surface area contributed by atoms with Crippen LogP contribution in [0.1, 0.15) is 63.1 Å². The molecular weight excluding hydrogens is 405 g/mol. The minimum absolute atomic E-state index is 0.259. The van der Waals surface area contributed by atoms with Gasteiger partial charge in [0.25, 0.3) is 0 Å². The summed E-state index contributed by atoms with van der Waals surface area (Å²) in [6.45, 7) is 15.4. The quantitative estimate of drug-likeness (QED) is 0.301. The highest BCUT2D eigenvalue weighted by atomic mass is 32.2. The fraction of sp³-hybridized carbons (Fsp3) is 0.375. The number of halogens is 3. The zero-order chi connectivity index (χ0) is 22.9. The van der Waals surface area contributed by atoms with Crippen LogP contribution in [0.15, 0.2) is 59.3 Å². The Labute approximate surface area is 182 Å². The van der Waals surface area contributed by atoms with Crippen molar-refractivity contribution in [3.8, 4) is 0 Å². The average molecular weight is 437 g/mol. The molecule has 0 spiro atoms. The first-order chi connectivity index (χ1) is 14.0. The highest BCUT2D eigenvalue weighted by molar-refractivity contribution is 8.08. The van der Waals surface area contributed by atoms with Gasteiger partial charge in [0.2, 0.25) is 0 Å². The average Bonchev–Trinajstić information content (AvgIpc) is 2.67. The number of hydrogen-bond donors (Lipinski definition) is 1. The highest BCUT2D eigenvalue weighted by Gasteiger charge is 2.25. The lowest BCUT2D eigenvalue weighted by Crippen LogP contribution is -2.05. The second-order valence-electron chi connectivity index (χ2n) is 7.25. The van der Waals surface area contributed by atoms with Gasteiger partial charge >= 0.3 is 6.18 Å². The third kappa shape index (κ3) is 8.27. The molecular formula is C24H31F3N2S. The van der Waals surface area contributed by atoms with E-state index < -0.39 is 12.6 Å². The predicted molar refractivity (Wildman–Crippen MR) is 127 cm³/mol. The molecule has 0 aliphatic heterocycles. The molecule has 30 heavy (non-hydrogen) atoms. The summed E-state index contributed by atoms with van der Waals surface area (Å²) in [4.78, 5) is 5.04. The van der Waals surface area contributed by atoms with E-state index in [0.717, 1.165) is 27.3 Å². The third-order valence-corrected chi connectivity index (χ3v) is 5.69. The summed E-state index contributed by atoms with van der Waals surface area (Å²) in [7, 11) is 0. The van der Waals surface area contributed by atoms with Gasteiger partial charge in [0.1, 0.15) is 0 Å². The Morgan fingerprint density at radius 3 is 2.47 bits per heavy atom. The molecule has 0 fully saturated rings. The SMILES string of the molecule is C=N/C(C)=C(\SCCC(/C=C\C)=C/CC(F)(F)F)c1ccc(C(=C)N)c(C(C)C)c1. The Morgan fingerprint density at radius 1 is 1.30 bits per heavy atom. The summed E-state index contributed by atoms with van der Waals surface area (Å²) in [5.74, 6) is 0.883. The van der Waals surface area contributed by atoms with Gasteiger partial charge in [-0.15, -0.1) is 11.8 Å². The highest BCUT2D eigenvalue weighted by Crippen LogP contribution is 2.36. The Balaban J connectivity index is 3.12. The van der Waals surface area contributed by atoms with Crippen molar-refractivity contribution in [3.63, 3.8) is 0 Å². The van der Waals surface area contributed by atoms with Crippen LogP contribution >= 0.6 is 11.8 Å². The standard InChI is InChI=1S/C24H31F3N2S/c1-7-8-19(11-13-24(25,26)27)12-14-30-23(18(5)29-6)20-9-10-21(17(4)28)22(15-20)16(2)3/h7-11,15-16H,4,6,12-14,28H2,1-3,5H3/b8-7-,19-11+,23-18-. The fourth-order valence-corrected chi connectivity index (χ4v) is 4.04. The van der Waals surface area contributed by atoms with E-state index in [4.69, 9.17) is 5.73 Å². The van der Waals surface area contributed by atoms with Crippen molar-refractivity contribution in [2.75, 3.05) is 5.75 Å². The van der Waals surface area contributed by atoms with E-state index in [-0.39, 0.29) is 5.92 Å². The van der Waals surface area contributed by atoms with Crippen LogP contribution in [0.3, 0.4) is 0 Å². The van der Waals surface area contributed by atoms with Crippen molar-refractivity contribution < 1.29 is 13.2 Å². The van der Waals surface area contributed by atoms with Gasteiger partial charge in [-0.1, -0.05) is 56.4 Å². The smallest absolute Gasteiger partial charge is 0.392 e. The molecule has 0 heterocycles. The van der Waals surface area contributed by atoms with Crippen molar-refractivity contribution in [1.82, 2.24) is 0 Å². The third-order valence-electron chi connectivity index (χ3n) is 4.46. The minimum Gasteiger partial charge on any atom is -0.399 e. The molecule has 0 saturated heterocycles. The molecule has 0 aromatic heterocycles. The van der Waals surface area contributed by atoms with E-state index >= 15 is 0 Å². The van der Waals surface area contributed by atoms with Crippen LogP contribution in [-0.2, 0) is 0 Å². The van der Waals surface area contributed by atoms with Crippen LogP contribution in [0.4, 0.5) is 13.2 Å². The molecule has 0 radical (unpaired) electrons. The zero-order valence-electron chi connectivity index (χ0n) is 18.1. The maximum absolute atomic E-state index is 12.6.